The first-order valence-electron chi connectivity index (χ1n) is 8.15. The number of aliphatic carboxylic acids is 2. The molecule has 0 fully saturated rings. The van der Waals surface area contributed by atoms with Crippen LogP contribution in [0.3, 0.4) is 0 Å². The van der Waals surface area contributed by atoms with Crippen LogP contribution in [0.25, 0.3) is 0 Å². The van der Waals surface area contributed by atoms with Gasteiger partial charge in [-0.1, -0.05) is 36.4 Å². The molecule has 0 saturated heterocycles. The monoisotopic (exact) mass is 359 g/mol. The Balaban J connectivity index is 0.000000352. The lowest BCUT2D eigenvalue weighted by Crippen LogP contribution is -2.33. The highest BCUT2D eigenvalue weighted by atomic mass is 16.5. The van der Waals surface area contributed by atoms with Crippen molar-refractivity contribution in [2.75, 3.05) is 6.54 Å². The van der Waals surface area contributed by atoms with E-state index in [1.54, 1.807) is 12.1 Å². The van der Waals surface area contributed by atoms with E-state index in [4.69, 9.17) is 24.5 Å². The number of nitrogens with one attached hydrogen (secondary N) is 1. The quantitative estimate of drug-likeness (QED) is 0.617. The molecule has 7 nitrogen and oxygen atoms in total. The second kappa shape index (κ2) is 9.43. The van der Waals surface area contributed by atoms with Gasteiger partial charge in [0, 0.05) is 19.2 Å². The summed E-state index contributed by atoms with van der Waals surface area (Å²) in [4.78, 5) is 18.2. The molecule has 0 aromatic heterocycles. The Hall–Kier alpha value is -3.06. The Morgan fingerprint density at radius 1 is 1.08 bits per heavy atom. The largest absolute Gasteiger partial charge is 0.508 e. The van der Waals surface area contributed by atoms with Crippen LogP contribution >= 0.6 is 0 Å². The highest BCUT2D eigenvalue weighted by Crippen LogP contribution is 2.30. The van der Waals surface area contributed by atoms with Crippen molar-refractivity contribution in [1.29, 1.82) is 0 Å². The van der Waals surface area contributed by atoms with Gasteiger partial charge in [0.25, 0.3) is 0 Å². The predicted molar refractivity (Wildman–Crippen MR) is 94.3 cm³/mol. The van der Waals surface area contributed by atoms with E-state index < -0.39 is 11.9 Å². The number of benzene rings is 2. The molecule has 1 aliphatic heterocycles. The van der Waals surface area contributed by atoms with Gasteiger partial charge in [-0.25, -0.2) is 9.59 Å². The average molecular weight is 359 g/mol. The van der Waals surface area contributed by atoms with Crippen LogP contribution in [0.5, 0.6) is 11.5 Å². The fourth-order valence-electron chi connectivity index (χ4n) is 2.53. The number of fused-ring (bicyclic) bond motifs is 1. The average Bonchev–Trinajstić information content (AvgIpc) is 2.62. The molecule has 2 aromatic rings. The van der Waals surface area contributed by atoms with Gasteiger partial charge in [0.15, 0.2) is 0 Å². The molecule has 1 aliphatic rings. The van der Waals surface area contributed by atoms with Crippen LogP contribution in [0.4, 0.5) is 0 Å². The summed E-state index contributed by atoms with van der Waals surface area (Å²) in [6, 6.07) is 15.7. The molecule has 0 radical (unpaired) electrons. The summed E-state index contributed by atoms with van der Waals surface area (Å²) in [6.07, 6.45) is 2.19. The molecule has 7 heteroatoms. The van der Waals surface area contributed by atoms with Crippen molar-refractivity contribution in [3.05, 3.63) is 59.7 Å². The van der Waals surface area contributed by atoms with Crippen molar-refractivity contribution in [3.8, 4) is 11.5 Å². The second-order valence-corrected chi connectivity index (χ2v) is 5.80. The molecule has 138 valence electrons. The van der Waals surface area contributed by atoms with E-state index in [0.29, 0.717) is 0 Å². The highest BCUT2D eigenvalue weighted by molar-refractivity contribution is 6.27. The zero-order chi connectivity index (χ0) is 18.9. The Labute approximate surface area is 150 Å². The van der Waals surface area contributed by atoms with Gasteiger partial charge in [-0.15, -0.1) is 0 Å². The van der Waals surface area contributed by atoms with E-state index in [1.165, 1.54) is 11.1 Å². The topological polar surface area (TPSA) is 116 Å². The summed E-state index contributed by atoms with van der Waals surface area (Å²) in [6.45, 7) is 1.68. The fraction of sp³-hybridized carbons (Fsp3) is 0.263. The first kappa shape index (κ1) is 19.3. The van der Waals surface area contributed by atoms with Gasteiger partial charge >= 0.3 is 11.9 Å². The molecule has 1 unspecified atom stereocenters. The van der Waals surface area contributed by atoms with Crippen molar-refractivity contribution in [2.24, 2.45) is 0 Å². The van der Waals surface area contributed by atoms with E-state index in [0.717, 1.165) is 31.7 Å². The third kappa shape index (κ3) is 6.10. The molecule has 0 amide bonds. The molecule has 26 heavy (non-hydrogen) atoms. The number of aromatic hydroxyl groups is 1. The lowest BCUT2D eigenvalue weighted by Gasteiger charge is -2.26. The second-order valence-electron chi connectivity index (χ2n) is 5.80. The van der Waals surface area contributed by atoms with Crippen LogP contribution in [0.1, 0.15) is 17.5 Å². The van der Waals surface area contributed by atoms with Crippen LogP contribution in [0, 0.1) is 0 Å². The van der Waals surface area contributed by atoms with Crippen LogP contribution < -0.4 is 10.1 Å². The number of phenols is 1. The standard InChI is InChI=1S/C17H19NO2.C2H2O4/c19-15-8-6-14-7-9-16(20-17(14)10-15)12-18-11-13-4-2-1-3-5-13;3-1(4)2(5)6/h1-6,8,10,16,18-19H,7,9,11-12H2;(H,3,4)(H,5,6). The van der Waals surface area contributed by atoms with Crippen LogP contribution in [-0.2, 0) is 22.6 Å². The highest BCUT2D eigenvalue weighted by Gasteiger charge is 2.19. The van der Waals surface area contributed by atoms with E-state index in [-0.39, 0.29) is 11.9 Å². The molecule has 4 N–H and O–H groups in total. The third-order valence-electron chi connectivity index (χ3n) is 3.81. The summed E-state index contributed by atoms with van der Waals surface area (Å²) in [5.41, 5.74) is 2.46. The molecular formula is C19H21NO6. The number of rotatable bonds is 4. The van der Waals surface area contributed by atoms with Gasteiger partial charge in [-0.05, 0) is 30.0 Å². The van der Waals surface area contributed by atoms with Crippen LogP contribution in [0.2, 0.25) is 0 Å². The summed E-state index contributed by atoms with van der Waals surface area (Å²) >= 11 is 0. The molecule has 0 aliphatic carbocycles. The van der Waals surface area contributed by atoms with Gasteiger partial charge in [-0.3, -0.25) is 0 Å². The molecule has 0 saturated carbocycles. The maximum absolute atomic E-state index is 9.50. The van der Waals surface area contributed by atoms with Crippen LogP contribution in [-0.4, -0.2) is 39.9 Å². The van der Waals surface area contributed by atoms with Gasteiger partial charge < -0.3 is 25.4 Å². The van der Waals surface area contributed by atoms with E-state index in [2.05, 4.69) is 17.4 Å². The van der Waals surface area contributed by atoms with Gasteiger partial charge in [0.2, 0.25) is 0 Å². The molecule has 0 spiro atoms. The minimum atomic E-state index is -1.82. The first-order valence-corrected chi connectivity index (χ1v) is 8.15. The van der Waals surface area contributed by atoms with E-state index in [9.17, 15) is 5.11 Å². The number of aryl methyl sites for hydroxylation is 1. The molecule has 1 heterocycles. The van der Waals surface area contributed by atoms with Crippen LogP contribution in [0.15, 0.2) is 48.5 Å². The molecule has 1 atom stereocenters. The van der Waals surface area contributed by atoms with Gasteiger partial charge in [0.1, 0.15) is 17.6 Å². The summed E-state index contributed by atoms with van der Waals surface area (Å²) in [5, 5.41) is 27.7. The lowest BCUT2D eigenvalue weighted by atomic mass is 10.0. The van der Waals surface area contributed by atoms with Crippen molar-refractivity contribution in [2.45, 2.75) is 25.5 Å². The predicted octanol–water partition coefficient (Wildman–Crippen LogP) is 2.03. The number of ether oxygens (including phenoxy) is 1. The van der Waals surface area contributed by atoms with E-state index >= 15 is 0 Å². The Morgan fingerprint density at radius 2 is 1.77 bits per heavy atom. The Bertz CT molecular complexity index is 735. The zero-order valence-electron chi connectivity index (χ0n) is 14.1. The molecule has 2 aromatic carbocycles. The maximum Gasteiger partial charge on any atom is 0.414 e. The smallest absolute Gasteiger partial charge is 0.414 e. The number of hydrogen-bond donors (Lipinski definition) is 4. The minimum Gasteiger partial charge on any atom is -0.508 e. The number of hydrogen-bond acceptors (Lipinski definition) is 5. The fourth-order valence-corrected chi connectivity index (χ4v) is 2.53. The molecule has 0 bridgehead atoms. The van der Waals surface area contributed by atoms with Crippen molar-refractivity contribution >= 4 is 11.9 Å². The summed E-state index contributed by atoms with van der Waals surface area (Å²) in [7, 11) is 0. The lowest BCUT2D eigenvalue weighted by molar-refractivity contribution is -0.159. The third-order valence-corrected chi connectivity index (χ3v) is 3.81. The van der Waals surface area contributed by atoms with Gasteiger partial charge in [-0.2, -0.15) is 0 Å². The van der Waals surface area contributed by atoms with Crippen molar-refractivity contribution in [3.63, 3.8) is 0 Å². The van der Waals surface area contributed by atoms with Crippen molar-refractivity contribution < 1.29 is 29.6 Å². The normalized spacial score (nSPS) is 15.0. The molecular weight excluding hydrogens is 338 g/mol. The number of phenolic OH excluding ortho intramolecular Hbond substituents is 1. The van der Waals surface area contributed by atoms with E-state index in [1.807, 2.05) is 24.3 Å². The van der Waals surface area contributed by atoms with Crippen molar-refractivity contribution in [1.82, 2.24) is 5.32 Å². The SMILES string of the molecule is O=C(O)C(=O)O.Oc1ccc2c(c1)OC(CNCc1ccccc1)CC2. The Morgan fingerprint density at radius 3 is 2.42 bits per heavy atom. The summed E-state index contributed by atoms with van der Waals surface area (Å²) < 4.78 is 5.93. The number of carbonyl (C=O) groups is 2. The number of carboxylic acid groups (broad SMARTS) is 2. The minimum absolute atomic E-state index is 0.174. The van der Waals surface area contributed by atoms with Gasteiger partial charge in [0.05, 0.1) is 0 Å². The summed E-state index contributed by atoms with van der Waals surface area (Å²) in [5.74, 6) is -2.56. The first-order chi connectivity index (χ1) is 12.5. The maximum atomic E-state index is 9.50. The zero-order valence-corrected chi connectivity index (χ0v) is 14.1. The Kier molecular flexibility index (Phi) is 6.99. The molecule has 3 rings (SSSR count). The number of carboxylic acids is 2.